The summed E-state index contributed by atoms with van der Waals surface area (Å²) in [5.41, 5.74) is 7.61. The van der Waals surface area contributed by atoms with E-state index in [2.05, 4.69) is 91.8 Å². The van der Waals surface area contributed by atoms with Crippen LogP contribution < -0.4 is 10.4 Å². The van der Waals surface area contributed by atoms with Crippen LogP contribution in [0.1, 0.15) is 65.7 Å². The number of rotatable bonds is 1. The highest BCUT2D eigenvalue weighted by Gasteiger charge is 2.57. The zero-order chi connectivity index (χ0) is 24.1. The van der Waals surface area contributed by atoms with E-state index in [-0.39, 0.29) is 21.7 Å². The molecule has 1 aromatic carbocycles. The van der Waals surface area contributed by atoms with Gasteiger partial charge >= 0.3 is 5.97 Å². The number of fused-ring (bicyclic) bond motifs is 1. The van der Waals surface area contributed by atoms with Crippen LogP contribution in [0.15, 0.2) is 76.9 Å². The van der Waals surface area contributed by atoms with Gasteiger partial charge in [0.1, 0.15) is 0 Å². The Labute approximate surface area is 197 Å². The van der Waals surface area contributed by atoms with E-state index in [4.69, 9.17) is 0 Å². The number of carboxylic acids is 1. The third-order valence-corrected chi connectivity index (χ3v) is 8.48. The van der Waals surface area contributed by atoms with Gasteiger partial charge in [-0.2, -0.15) is 0 Å². The topological polar surface area (TPSA) is 37.3 Å². The van der Waals surface area contributed by atoms with Crippen LogP contribution in [0.5, 0.6) is 0 Å². The summed E-state index contributed by atoms with van der Waals surface area (Å²) in [6.45, 7) is 18.2. The summed E-state index contributed by atoms with van der Waals surface area (Å²) in [5, 5.41) is 12.0. The lowest BCUT2D eigenvalue weighted by Gasteiger charge is -2.57. The van der Waals surface area contributed by atoms with Crippen LogP contribution in [0.3, 0.4) is 0 Å². The van der Waals surface area contributed by atoms with Crippen molar-refractivity contribution in [2.24, 2.45) is 21.7 Å². The fourth-order valence-electron chi connectivity index (χ4n) is 6.04. The molecule has 0 spiro atoms. The van der Waals surface area contributed by atoms with Crippen LogP contribution in [0.4, 0.5) is 0 Å². The number of hydrogen-bond acceptors (Lipinski definition) is 1. The highest BCUT2D eigenvalue weighted by atomic mass is 16.4. The molecule has 0 saturated heterocycles. The van der Waals surface area contributed by atoms with Crippen molar-refractivity contribution < 1.29 is 9.90 Å². The molecule has 0 unspecified atom stereocenters. The average Bonchev–Trinajstić information content (AvgIpc) is 2.70. The molecule has 2 heteroatoms. The molecule has 0 aromatic heterocycles. The smallest absolute Gasteiger partial charge is 0.335 e. The number of carbonyl (C=O) groups is 1. The molecule has 5 rings (SSSR count). The Balaban J connectivity index is 2.04. The number of allylic oxidation sites excluding steroid dienone is 10. The van der Waals surface area contributed by atoms with Crippen molar-refractivity contribution in [2.75, 3.05) is 0 Å². The molecule has 170 valence electrons. The molecule has 4 aliphatic rings. The molecule has 0 bridgehead atoms. The molecule has 1 aromatic rings. The van der Waals surface area contributed by atoms with E-state index >= 15 is 0 Å². The van der Waals surface area contributed by atoms with E-state index in [0.717, 1.165) is 10.4 Å². The monoisotopic (exact) mass is 438 g/mol. The molecule has 1 N–H and O–H groups in total. The van der Waals surface area contributed by atoms with Crippen LogP contribution in [0.2, 0.25) is 0 Å². The summed E-state index contributed by atoms with van der Waals surface area (Å²) in [6.07, 6.45) is 14.1. The molecule has 0 radical (unpaired) electrons. The number of aromatic carboxylic acids is 1. The van der Waals surface area contributed by atoms with E-state index in [9.17, 15) is 9.90 Å². The molecule has 2 nitrogen and oxygen atoms in total. The van der Waals surface area contributed by atoms with Crippen LogP contribution in [-0.4, -0.2) is 11.1 Å². The quantitative estimate of drug-likeness (QED) is 0.575. The molecular weight excluding hydrogens is 404 g/mol. The molecule has 0 aliphatic heterocycles. The summed E-state index contributed by atoms with van der Waals surface area (Å²) in [4.78, 5) is 11.9. The van der Waals surface area contributed by atoms with Crippen LogP contribution >= 0.6 is 0 Å². The van der Waals surface area contributed by atoms with Gasteiger partial charge in [0.05, 0.1) is 5.56 Å². The predicted molar refractivity (Wildman–Crippen MR) is 136 cm³/mol. The first-order valence-electron chi connectivity index (χ1n) is 11.9. The van der Waals surface area contributed by atoms with Gasteiger partial charge in [0.15, 0.2) is 0 Å². The Hall–Kier alpha value is -2.87. The van der Waals surface area contributed by atoms with Crippen molar-refractivity contribution in [3.8, 4) is 0 Å². The van der Waals surface area contributed by atoms with Crippen molar-refractivity contribution in [2.45, 2.75) is 55.4 Å². The van der Waals surface area contributed by atoms with Gasteiger partial charge in [-0.3, -0.25) is 0 Å². The van der Waals surface area contributed by atoms with Gasteiger partial charge in [0.2, 0.25) is 0 Å². The van der Waals surface area contributed by atoms with Crippen molar-refractivity contribution in [3.05, 3.63) is 92.9 Å². The minimum atomic E-state index is -0.882. The SMILES string of the molecule is CC(C)(C)C1=CC2=c3ccc(C(=O)O)cc3=C3C=C(C(C)(C)C)C=C4C=CC(=C1)[C@@]2(C)[C@]43C. The highest BCUT2D eigenvalue weighted by Crippen LogP contribution is 2.66. The van der Waals surface area contributed by atoms with E-state index < -0.39 is 5.97 Å². The first-order valence-corrected chi connectivity index (χ1v) is 11.9. The van der Waals surface area contributed by atoms with Gasteiger partial charge in [-0.15, -0.1) is 0 Å². The lowest BCUT2D eigenvalue weighted by atomic mass is 9.45. The summed E-state index contributed by atoms with van der Waals surface area (Å²) >= 11 is 0. The fraction of sp³-hybridized carbons (Fsp3) is 0.387. The largest absolute Gasteiger partial charge is 0.478 e. The highest BCUT2D eigenvalue weighted by molar-refractivity contribution is 5.91. The molecule has 0 amide bonds. The molecule has 0 heterocycles. The fourth-order valence-corrected chi connectivity index (χ4v) is 6.04. The number of benzene rings is 1. The maximum atomic E-state index is 11.9. The molecule has 2 atom stereocenters. The molecule has 0 saturated carbocycles. The van der Waals surface area contributed by atoms with Gasteiger partial charge in [0, 0.05) is 10.8 Å². The predicted octanol–water partition coefficient (Wildman–Crippen LogP) is 6.11. The van der Waals surface area contributed by atoms with E-state index in [1.165, 1.54) is 33.4 Å². The molecular formula is C31H34O2. The normalized spacial score (nSPS) is 27.8. The minimum Gasteiger partial charge on any atom is -0.478 e. The molecule has 4 aliphatic carbocycles. The Morgan fingerprint density at radius 2 is 1.18 bits per heavy atom. The van der Waals surface area contributed by atoms with Crippen molar-refractivity contribution >= 4 is 17.1 Å². The maximum absolute atomic E-state index is 11.9. The Morgan fingerprint density at radius 1 is 0.727 bits per heavy atom. The van der Waals surface area contributed by atoms with E-state index in [0.29, 0.717) is 5.56 Å². The second-order valence-electron chi connectivity index (χ2n) is 12.4. The standard InChI is InChI=1S/C31H34O2/c1-28(2,3)21-14-19-10-11-20-15-22(29(4,5)6)17-26-24-13-18(27(32)33)9-12-23(24)25(16-21)30(19,7)31(20,26)8/h9-17H,1-8H3,(H,32,33)/t30-,31-/m1/s1. The van der Waals surface area contributed by atoms with Gasteiger partial charge in [-0.1, -0.05) is 97.9 Å². The van der Waals surface area contributed by atoms with Crippen LogP contribution in [-0.2, 0) is 0 Å². The maximum Gasteiger partial charge on any atom is 0.335 e. The van der Waals surface area contributed by atoms with Crippen molar-refractivity contribution in [1.82, 2.24) is 0 Å². The Kier molecular flexibility index (Phi) is 4.24. The van der Waals surface area contributed by atoms with Gasteiger partial charge < -0.3 is 5.11 Å². The first-order chi connectivity index (χ1) is 15.2. The second-order valence-corrected chi connectivity index (χ2v) is 12.4. The van der Waals surface area contributed by atoms with Gasteiger partial charge in [0.25, 0.3) is 0 Å². The van der Waals surface area contributed by atoms with Gasteiger partial charge in [-0.05, 0) is 66.8 Å². The third-order valence-electron chi connectivity index (χ3n) is 8.48. The molecule has 0 fully saturated rings. The zero-order valence-electron chi connectivity index (χ0n) is 21.1. The lowest BCUT2D eigenvalue weighted by molar-refractivity contribution is 0.0696. The zero-order valence-corrected chi connectivity index (χ0v) is 21.1. The van der Waals surface area contributed by atoms with Crippen LogP contribution in [0, 0.1) is 21.7 Å². The van der Waals surface area contributed by atoms with Crippen LogP contribution in [0.25, 0.3) is 11.1 Å². The van der Waals surface area contributed by atoms with Gasteiger partial charge in [-0.25, -0.2) is 4.79 Å². The summed E-state index contributed by atoms with van der Waals surface area (Å²) in [6, 6.07) is 5.69. The lowest BCUT2D eigenvalue weighted by Crippen LogP contribution is -2.54. The number of carboxylic acid groups (broad SMARTS) is 1. The Bertz CT molecular complexity index is 1410. The van der Waals surface area contributed by atoms with Crippen molar-refractivity contribution in [3.63, 3.8) is 0 Å². The second kappa shape index (κ2) is 6.38. The van der Waals surface area contributed by atoms with E-state index in [1.807, 2.05) is 12.1 Å². The van der Waals surface area contributed by atoms with E-state index in [1.54, 1.807) is 6.07 Å². The minimum absolute atomic E-state index is 0.00732. The summed E-state index contributed by atoms with van der Waals surface area (Å²) < 4.78 is 0. The summed E-state index contributed by atoms with van der Waals surface area (Å²) in [5.74, 6) is -0.882. The number of hydrogen-bond donors (Lipinski definition) is 1. The molecule has 33 heavy (non-hydrogen) atoms. The summed E-state index contributed by atoms with van der Waals surface area (Å²) in [7, 11) is 0. The van der Waals surface area contributed by atoms with Crippen molar-refractivity contribution in [1.29, 1.82) is 0 Å². The third kappa shape index (κ3) is 2.76. The first kappa shape index (κ1) is 21.9. The Morgan fingerprint density at radius 3 is 1.61 bits per heavy atom. The average molecular weight is 439 g/mol.